The van der Waals surface area contributed by atoms with Crippen molar-refractivity contribution in [1.29, 1.82) is 0 Å². The molecular weight excluding hydrogens is 310 g/mol. The highest BCUT2D eigenvalue weighted by Crippen LogP contribution is 2.25. The third-order valence-electron chi connectivity index (χ3n) is 4.63. The summed E-state index contributed by atoms with van der Waals surface area (Å²) >= 11 is 0. The number of carbonyl (C=O) groups excluding carboxylic acids is 1. The van der Waals surface area contributed by atoms with Gasteiger partial charge in [0, 0.05) is 0 Å². The van der Waals surface area contributed by atoms with Gasteiger partial charge in [0.1, 0.15) is 5.75 Å². The molecule has 1 rings (SSSR count). The molecule has 1 aromatic rings. The molecule has 0 bridgehead atoms. The maximum Gasteiger partial charge on any atom is 0.252 e. The van der Waals surface area contributed by atoms with Gasteiger partial charge in [-0.25, -0.2) is 0 Å². The lowest BCUT2D eigenvalue weighted by atomic mass is 10.0. The minimum absolute atomic E-state index is 0.406. The minimum atomic E-state index is -0.406. The molecule has 3 heteroatoms. The van der Waals surface area contributed by atoms with E-state index in [1.54, 1.807) is 6.07 Å². The zero-order chi connectivity index (χ0) is 18.3. The van der Waals surface area contributed by atoms with Gasteiger partial charge in [-0.05, 0) is 24.5 Å². The summed E-state index contributed by atoms with van der Waals surface area (Å²) in [5.41, 5.74) is 7.09. The van der Waals surface area contributed by atoms with Gasteiger partial charge in [0.25, 0.3) is 5.91 Å². The first-order valence-corrected chi connectivity index (χ1v) is 10.2. The second kappa shape index (κ2) is 13.7. The standard InChI is InChI=1S/C22H37NO2/c1-3-5-6-7-8-9-10-11-12-13-18-25-21-19(15-4-2)16-14-17-20(21)22(23)24/h14,16-17H,3-13,15,18H2,1-2H3,(H2,23,24). The molecule has 0 saturated carbocycles. The second-order valence-electron chi connectivity index (χ2n) is 6.94. The van der Waals surface area contributed by atoms with Crippen molar-refractivity contribution in [3.05, 3.63) is 29.3 Å². The fourth-order valence-electron chi connectivity index (χ4n) is 3.18. The summed E-state index contributed by atoms with van der Waals surface area (Å²) in [6.45, 7) is 5.05. The largest absolute Gasteiger partial charge is 0.492 e. The van der Waals surface area contributed by atoms with Gasteiger partial charge in [-0.15, -0.1) is 0 Å². The van der Waals surface area contributed by atoms with E-state index in [0.717, 1.165) is 24.8 Å². The number of carbonyl (C=O) groups is 1. The van der Waals surface area contributed by atoms with Crippen molar-refractivity contribution in [2.24, 2.45) is 5.73 Å². The van der Waals surface area contributed by atoms with Crippen molar-refractivity contribution >= 4 is 5.91 Å². The van der Waals surface area contributed by atoms with Gasteiger partial charge in [0.15, 0.2) is 0 Å². The van der Waals surface area contributed by atoms with Crippen LogP contribution in [-0.4, -0.2) is 12.5 Å². The summed E-state index contributed by atoms with van der Waals surface area (Å²) in [6, 6.07) is 5.68. The molecule has 1 amide bonds. The van der Waals surface area contributed by atoms with Crippen molar-refractivity contribution in [2.75, 3.05) is 6.61 Å². The van der Waals surface area contributed by atoms with E-state index >= 15 is 0 Å². The average Bonchev–Trinajstić information content (AvgIpc) is 2.60. The molecule has 3 nitrogen and oxygen atoms in total. The lowest BCUT2D eigenvalue weighted by Crippen LogP contribution is -2.14. The minimum Gasteiger partial charge on any atom is -0.492 e. The number of para-hydroxylation sites is 1. The molecule has 2 N–H and O–H groups in total. The molecule has 0 aliphatic heterocycles. The number of amides is 1. The first-order valence-electron chi connectivity index (χ1n) is 10.2. The Bertz CT molecular complexity index is 485. The van der Waals surface area contributed by atoms with Gasteiger partial charge in [0.2, 0.25) is 0 Å². The number of hydrogen-bond donors (Lipinski definition) is 1. The number of ether oxygens (including phenoxy) is 1. The Balaban J connectivity index is 2.24. The molecule has 0 aromatic heterocycles. The Labute approximate surface area is 154 Å². The first-order chi connectivity index (χ1) is 12.2. The smallest absolute Gasteiger partial charge is 0.252 e. The van der Waals surface area contributed by atoms with Gasteiger partial charge in [-0.2, -0.15) is 0 Å². The van der Waals surface area contributed by atoms with Crippen LogP contribution >= 0.6 is 0 Å². The fraction of sp³-hybridized carbons (Fsp3) is 0.682. The van der Waals surface area contributed by atoms with E-state index in [1.807, 2.05) is 12.1 Å². The van der Waals surface area contributed by atoms with Crippen molar-refractivity contribution in [1.82, 2.24) is 0 Å². The molecule has 0 aliphatic rings. The van der Waals surface area contributed by atoms with Crippen LogP contribution in [0, 0.1) is 0 Å². The van der Waals surface area contributed by atoms with E-state index in [1.165, 1.54) is 57.8 Å². The van der Waals surface area contributed by atoms with E-state index in [0.29, 0.717) is 17.9 Å². The molecule has 0 spiro atoms. The highest BCUT2D eigenvalue weighted by molar-refractivity contribution is 5.96. The van der Waals surface area contributed by atoms with Crippen LogP contribution in [0.5, 0.6) is 5.75 Å². The summed E-state index contributed by atoms with van der Waals surface area (Å²) < 4.78 is 5.95. The average molecular weight is 348 g/mol. The number of hydrogen-bond acceptors (Lipinski definition) is 2. The number of rotatable bonds is 15. The lowest BCUT2D eigenvalue weighted by Gasteiger charge is -2.14. The molecule has 0 radical (unpaired) electrons. The number of primary amides is 1. The Morgan fingerprint density at radius 2 is 1.48 bits per heavy atom. The van der Waals surface area contributed by atoms with Crippen molar-refractivity contribution in [3.8, 4) is 5.75 Å². The van der Waals surface area contributed by atoms with Crippen LogP contribution in [0.4, 0.5) is 0 Å². The summed E-state index contributed by atoms with van der Waals surface area (Å²) in [6.07, 6.45) is 15.0. The molecular formula is C22H37NO2. The van der Waals surface area contributed by atoms with Gasteiger partial charge >= 0.3 is 0 Å². The molecule has 0 fully saturated rings. The number of benzene rings is 1. The molecule has 0 heterocycles. The summed E-state index contributed by atoms with van der Waals surface area (Å²) in [4.78, 5) is 11.6. The monoisotopic (exact) mass is 347 g/mol. The number of aryl methyl sites for hydroxylation is 1. The van der Waals surface area contributed by atoms with E-state index < -0.39 is 5.91 Å². The summed E-state index contributed by atoms with van der Waals surface area (Å²) in [7, 11) is 0. The molecule has 0 atom stereocenters. The highest BCUT2D eigenvalue weighted by Gasteiger charge is 2.13. The van der Waals surface area contributed by atoms with Crippen LogP contribution in [0.1, 0.15) is 100 Å². The third-order valence-corrected chi connectivity index (χ3v) is 4.63. The Kier molecular flexibility index (Phi) is 11.8. The third kappa shape index (κ3) is 8.94. The van der Waals surface area contributed by atoms with Gasteiger partial charge in [-0.1, -0.05) is 90.2 Å². The van der Waals surface area contributed by atoms with Crippen LogP contribution in [0.3, 0.4) is 0 Å². The molecule has 25 heavy (non-hydrogen) atoms. The lowest BCUT2D eigenvalue weighted by molar-refractivity contribution is 0.0996. The predicted octanol–water partition coefficient (Wildman–Crippen LogP) is 6.04. The topological polar surface area (TPSA) is 52.3 Å². The van der Waals surface area contributed by atoms with Crippen LogP contribution in [0.2, 0.25) is 0 Å². The van der Waals surface area contributed by atoms with Crippen molar-refractivity contribution < 1.29 is 9.53 Å². The quantitative estimate of drug-likeness (QED) is 0.393. The SMILES string of the molecule is CCCCCCCCCCCCOc1c(CCC)cccc1C(N)=O. The first kappa shape index (κ1) is 21.5. The molecule has 1 aromatic carbocycles. The Hall–Kier alpha value is -1.51. The predicted molar refractivity (Wildman–Crippen MR) is 106 cm³/mol. The van der Waals surface area contributed by atoms with E-state index in [-0.39, 0.29) is 0 Å². The molecule has 0 unspecified atom stereocenters. The normalized spacial score (nSPS) is 10.8. The number of unbranched alkanes of at least 4 members (excludes halogenated alkanes) is 9. The van der Waals surface area contributed by atoms with Crippen LogP contribution in [0.25, 0.3) is 0 Å². The van der Waals surface area contributed by atoms with Gasteiger partial charge in [-0.3, -0.25) is 4.79 Å². The van der Waals surface area contributed by atoms with Gasteiger partial charge in [0.05, 0.1) is 12.2 Å². The summed E-state index contributed by atoms with van der Waals surface area (Å²) in [5, 5.41) is 0. The maximum atomic E-state index is 11.6. The number of nitrogens with two attached hydrogens (primary N) is 1. The summed E-state index contributed by atoms with van der Waals surface area (Å²) in [5.74, 6) is 0.295. The maximum absolute atomic E-state index is 11.6. The van der Waals surface area contributed by atoms with E-state index in [4.69, 9.17) is 10.5 Å². The van der Waals surface area contributed by atoms with E-state index in [9.17, 15) is 4.79 Å². The van der Waals surface area contributed by atoms with Crippen molar-refractivity contribution in [2.45, 2.75) is 90.9 Å². The molecule has 142 valence electrons. The zero-order valence-electron chi connectivity index (χ0n) is 16.3. The van der Waals surface area contributed by atoms with Crippen LogP contribution in [-0.2, 0) is 6.42 Å². The van der Waals surface area contributed by atoms with Crippen LogP contribution in [0.15, 0.2) is 18.2 Å². The zero-order valence-corrected chi connectivity index (χ0v) is 16.3. The van der Waals surface area contributed by atoms with E-state index in [2.05, 4.69) is 13.8 Å². The highest BCUT2D eigenvalue weighted by atomic mass is 16.5. The Morgan fingerprint density at radius 3 is 2.04 bits per heavy atom. The van der Waals surface area contributed by atoms with Crippen LogP contribution < -0.4 is 10.5 Å². The second-order valence-corrected chi connectivity index (χ2v) is 6.94. The molecule has 0 saturated heterocycles. The van der Waals surface area contributed by atoms with Gasteiger partial charge < -0.3 is 10.5 Å². The van der Waals surface area contributed by atoms with Crippen molar-refractivity contribution in [3.63, 3.8) is 0 Å². The fourth-order valence-corrected chi connectivity index (χ4v) is 3.18. The molecule has 0 aliphatic carbocycles. The Morgan fingerprint density at radius 1 is 0.880 bits per heavy atom.